The maximum atomic E-state index is 13.2. The van der Waals surface area contributed by atoms with Gasteiger partial charge in [0.1, 0.15) is 6.26 Å². The van der Waals surface area contributed by atoms with Gasteiger partial charge in [-0.15, -0.1) is 8.78 Å². The van der Waals surface area contributed by atoms with Crippen LogP contribution < -0.4 is 15.2 Å². The fraction of sp³-hybridized carbons (Fsp3) is 0.556. The summed E-state index contributed by atoms with van der Waals surface area (Å²) in [7, 11) is 0. The molecule has 0 radical (unpaired) electrons. The number of hydrogen-bond acceptors (Lipinski definition) is 8. The highest BCUT2D eigenvalue weighted by Crippen LogP contribution is 2.41. The number of hydrogen-bond donors (Lipinski definition) is 2. The fourth-order valence-corrected chi connectivity index (χ4v) is 7.34. The van der Waals surface area contributed by atoms with Crippen molar-refractivity contribution in [2.75, 3.05) is 25.4 Å². The zero-order valence-corrected chi connectivity index (χ0v) is 34.3. The summed E-state index contributed by atoms with van der Waals surface area (Å²) in [6.45, 7) is 7.82. The van der Waals surface area contributed by atoms with Gasteiger partial charge in [0.15, 0.2) is 16.6 Å². The number of aryl methyl sites for hydroxylation is 1. The summed E-state index contributed by atoms with van der Waals surface area (Å²) in [5.74, 6) is 0.184. The Morgan fingerprint density at radius 2 is 1.50 bits per heavy atom. The molecule has 2 aromatic carbocycles. The van der Waals surface area contributed by atoms with Crippen molar-refractivity contribution in [2.24, 2.45) is 5.92 Å². The quantitative estimate of drug-likeness (QED) is 0.0714. The predicted octanol–water partition coefficient (Wildman–Crippen LogP) is 12.7. The lowest BCUT2D eigenvalue weighted by Crippen LogP contribution is -2.29. The van der Waals surface area contributed by atoms with Gasteiger partial charge in [-0.3, -0.25) is 0 Å². The van der Waals surface area contributed by atoms with Gasteiger partial charge in [-0.05, 0) is 85.9 Å². The van der Waals surface area contributed by atoms with E-state index in [-0.39, 0.29) is 17.1 Å². The second kappa shape index (κ2) is 24.6. The smallest absolute Gasteiger partial charge is 0.478 e. The molecule has 2 aromatic heterocycles. The number of nitrogen functional groups attached to an aromatic ring is 1. The van der Waals surface area contributed by atoms with Crippen LogP contribution in [0.2, 0.25) is 0 Å². The Balaban J connectivity index is 0.000000212. The third-order valence-electron chi connectivity index (χ3n) is 10.0. The van der Waals surface area contributed by atoms with Gasteiger partial charge >= 0.3 is 12.3 Å². The number of fused-ring (bicyclic) bond motifs is 1. The number of benzene rings is 2. The monoisotopic (exact) mass is 795 g/mol. The number of aromatic carboxylic acids is 1. The lowest BCUT2D eigenvalue weighted by Gasteiger charge is -2.22. The van der Waals surface area contributed by atoms with Gasteiger partial charge in [0.2, 0.25) is 0 Å². The van der Waals surface area contributed by atoms with Crippen molar-refractivity contribution in [2.45, 2.75) is 136 Å². The summed E-state index contributed by atoms with van der Waals surface area (Å²) < 4.78 is 39.8. The number of unbranched alkanes of at least 4 members (excludes halogenated alkanes) is 12. The van der Waals surface area contributed by atoms with Gasteiger partial charge in [0.25, 0.3) is 0 Å². The third kappa shape index (κ3) is 17.5. The normalized spacial score (nSPS) is 13.9. The van der Waals surface area contributed by atoms with Crippen LogP contribution in [0, 0.1) is 5.92 Å². The molecular weight excluding hydrogens is 733 g/mol. The van der Waals surface area contributed by atoms with Crippen LogP contribution in [-0.4, -0.2) is 46.9 Å². The van der Waals surface area contributed by atoms with Gasteiger partial charge in [0, 0.05) is 19.3 Å². The highest BCUT2D eigenvalue weighted by molar-refractivity contribution is 7.18. The van der Waals surface area contributed by atoms with Crippen LogP contribution in [-0.2, 0) is 12.8 Å². The summed E-state index contributed by atoms with van der Waals surface area (Å²) in [5, 5.41) is 8.85. The molecule has 6 rings (SSSR count). The molecule has 0 unspecified atom stereocenters. The Kier molecular flexibility index (Phi) is 19.7. The molecule has 1 saturated carbocycles. The molecule has 56 heavy (non-hydrogen) atoms. The largest absolute Gasteiger partial charge is 0.586 e. The Hall–Kier alpha value is -3.96. The number of halogens is 2. The highest BCUT2D eigenvalue weighted by atomic mass is 32.1. The van der Waals surface area contributed by atoms with Crippen LogP contribution >= 0.6 is 11.3 Å². The van der Waals surface area contributed by atoms with Crippen molar-refractivity contribution in [3.63, 3.8) is 0 Å². The number of nitrogens with two attached hydrogens (primary N) is 1. The number of ether oxygens (including phenoxy) is 2. The first-order valence-electron chi connectivity index (χ1n) is 20.8. The molecule has 0 spiro atoms. The zero-order valence-electron chi connectivity index (χ0n) is 33.5. The van der Waals surface area contributed by atoms with E-state index in [1.807, 2.05) is 12.3 Å². The number of carboxylic acids is 1. The standard InChI is InChI=1S/C22H33F2NO2.C18H26N2S.C5H4O3/c1-2-3-4-5-6-7-8-14-25(17-19-9-10-19)15-13-18-11-12-20-21(16-18)27-22(23,24)26-20;1-2-3-4-5-6-7-8-10-15-11-9-12-16(13-15)17-14-20-18(19)21-17;6-5(7)4-1-2-8-3-4/h11-12,16,19H,2-10,13-15,17H2,1H3;9,11-14H,2-8,10H2,1H3,(H2,19,20);1-3H,(H,6,7). The minimum absolute atomic E-state index is 0.127. The van der Waals surface area contributed by atoms with Gasteiger partial charge in [-0.25, -0.2) is 9.78 Å². The lowest BCUT2D eigenvalue weighted by atomic mass is 10.0. The van der Waals surface area contributed by atoms with Gasteiger partial charge < -0.3 is 29.6 Å². The zero-order chi connectivity index (χ0) is 40.0. The molecule has 0 amide bonds. The number of carbonyl (C=O) groups is 1. The summed E-state index contributed by atoms with van der Waals surface area (Å²) in [6, 6.07) is 15.3. The highest BCUT2D eigenvalue weighted by Gasteiger charge is 2.43. The predicted molar refractivity (Wildman–Crippen MR) is 223 cm³/mol. The van der Waals surface area contributed by atoms with Crippen molar-refractivity contribution < 1.29 is 32.6 Å². The maximum Gasteiger partial charge on any atom is 0.586 e. The van der Waals surface area contributed by atoms with E-state index in [4.69, 9.17) is 10.8 Å². The SMILES string of the molecule is CCCCCCCCCN(CCc1ccc2c(c1)OC(F)(F)O2)CC1CC1.CCCCCCCCCc1cccc(-c2cnc(N)s2)c1.O=C(O)c1ccoc1. The summed E-state index contributed by atoms with van der Waals surface area (Å²) in [5.41, 5.74) is 9.58. The average molecular weight is 796 g/mol. The van der Waals surface area contributed by atoms with E-state index < -0.39 is 12.3 Å². The average Bonchev–Trinajstić information content (AvgIpc) is 3.50. The molecule has 8 nitrogen and oxygen atoms in total. The Morgan fingerprint density at radius 1 is 0.839 bits per heavy atom. The van der Waals surface area contributed by atoms with Gasteiger partial charge in [-0.1, -0.05) is 133 Å². The molecular formula is C45H63F2N3O5S. The molecule has 1 aliphatic carbocycles. The van der Waals surface area contributed by atoms with Gasteiger partial charge in [-0.2, -0.15) is 0 Å². The summed E-state index contributed by atoms with van der Waals surface area (Å²) >= 11 is 1.56. The number of alkyl halides is 2. The fourth-order valence-electron chi connectivity index (χ4n) is 6.66. The van der Waals surface area contributed by atoms with E-state index >= 15 is 0 Å². The number of anilines is 1. The van der Waals surface area contributed by atoms with Crippen LogP contribution in [0.15, 0.2) is 71.7 Å². The number of furan rings is 1. The number of rotatable bonds is 23. The number of carboxylic acid groups (broad SMARTS) is 1. The Morgan fingerprint density at radius 3 is 2.11 bits per heavy atom. The van der Waals surface area contributed by atoms with Crippen molar-refractivity contribution in [3.8, 4) is 21.9 Å². The van der Waals surface area contributed by atoms with Crippen LogP contribution in [0.5, 0.6) is 11.5 Å². The molecule has 1 aliphatic heterocycles. The molecule has 3 heterocycles. The second-order valence-corrected chi connectivity index (χ2v) is 16.1. The summed E-state index contributed by atoms with van der Waals surface area (Å²) in [6.07, 6.45) is 24.4. The van der Waals surface area contributed by atoms with E-state index in [2.05, 4.69) is 61.9 Å². The molecule has 0 bridgehead atoms. The van der Waals surface area contributed by atoms with E-state index in [1.54, 1.807) is 23.5 Å². The first-order valence-corrected chi connectivity index (χ1v) is 21.6. The first kappa shape index (κ1) is 44.8. The van der Waals surface area contributed by atoms with E-state index in [9.17, 15) is 13.6 Å². The maximum absolute atomic E-state index is 13.2. The Labute approximate surface area is 336 Å². The van der Waals surface area contributed by atoms with Crippen molar-refractivity contribution in [1.29, 1.82) is 0 Å². The van der Waals surface area contributed by atoms with Gasteiger partial charge in [0.05, 0.1) is 16.7 Å². The molecule has 308 valence electrons. The molecule has 0 saturated heterocycles. The van der Waals surface area contributed by atoms with E-state index in [1.165, 1.54) is 145 Å². The van der Waals surface area contributed by atoms with E-state index in [0.29, 0.717) is 5.13 Å². The minimum atomic E-state index is -3.53. The minimum Gasteiger partial charge on any atom is -0.478 e. The van der Waals surface area contributed by atoms with Crippen molar-refractivity contribution in [3.05, 3.63) is 83.9 Å². The van der Waals surface area contributed by atoms with Crippen LogP contribution in [0.3, 0.4) is 0 Å². The number of aromatic nitrogens is 1. The van der Waals surface area contributed by atoms with Crippen LogP contribution in [0.1, 0.15) is 138 Å². The van der Waals surface area contributed by atoms with E-state index in [0.717, 1.165) is 35.9 Å². The van der Waals surface area contributed by atoms with Crippen molar-refractivity contribution >= 4 is 22.4 Å². The molecule has 3 N–H and O–H groups in total. The molecule has 2 aliphatic rings. The third-order valence-corrected chi connectivity index (χ3v) is 10.9. The number of thiazole rings is 1. The topological polar surface area (TPSA) is 111 Å². The lowest BCUT2D eigenvalue weighted by molar-refractivity contribution is -0.286. The number of nitrogens with zero attached hydrogens (tertiary/aromatic N) is 2. The Bertz CT molecular complexity index is 1680. The first-order chi connectivity index (χ1) is 27.2. The molecule has 11 heteroatoms. The summed E-state index contributed by atoms with van der Waals surface area (Å²) in [4.78, 5) is 17.9. The second-order valence-electron chi connectivity index (χ2n) is 15.0. The molecule has 4 aromatic rings. The van der Waals surface area contributed by atoms with Crippen LogP contribution in [0.4, 0.5) is 13.9 Å². The van der Waals surface area contributed by atoms with Crippen LogP contribution in [0.25, 0.3) is 10.4 Å². The molecule has 0 atom stereocenters. The van der Waals surface area contributed by atoms with Crippen molar-refractivity contribution in [1.82, 2.24) is 9.88 Å². The molecule has 1 fully saturated rings.